The third kappa shape index (κ3) is 6.28. The molecule has 0 unspecified atom stereocenters. The summed E-state index contributed by atoms with van der Waals surface area (Å²) in [5.41, 5.74) is 19.2. The summed E-state index contributed by atoms with van der Waals surface area (Å²) in [6.07, 6.45) is 0. The van der Waals surface area contributed by atoms with Crippen LogP contribution in [-0.4, -0.2) is 24.9 Å². The molecule has 11 aromatic rings. The van der Waals surface area contributed by atoms with Crippen molar-refractivity contribution >= 4 is 0 Å². The maximum Gasteiger partial charge on any atom is 0.164 e. The molecule has 13 rings (SSSR count). The van der Waals surface area contributed by atoms with Gasteiger partial charge >= 0.3 is 0 Å². The molecule has 67 heavy (non-hydrogen) atoms. The molecule has 312 valence electrons. The standard InChI is InChI=1S/C62H39N5/c1-4-19-40(20-5-1)55-39-56(64-58(63-55)41-21-6-2-7-22-41)45-27-16-25-43(37-45)44-26-17-28-46(38-44)60-65-59(42-23-8-3-9-24-42)66-61(67-60)50-32-18-36-54-57(50)49-31-12-15-35-53(49)62(54)51-33-13-10-29-47(51)48-30-11-14-34-52(48)62/h1-39H. The van der Waals surface area contributed by atoms with E-state index < -0.39 is 5.41 Å². The van der Waals surface area contributed by atoms with Crippen molar-refractivity contribution in [1.82, 2.24) is 24.9 Å². The van der Waals surface area contributed by atoms with Gasteiger partial charge in [-0.2, -0.15) is 0 Å². The normalized spacial score (nSPS) is 12.6. The lowest BCUT2D eigenvalue weighted by Gasteiger charge is -2.30. The number of benzene rings is 9. The van der Waals surface area contributed by atoms with Crippen molar-refractivity contribution in [2.24, 2.45) is 0 Å². The van der Waals surface area contributed by atoms with Gasteiger partial charge in [0, 0.05) is 33.4 Å². The molecule has 0 amide bonds. The number of fused-ring (bicyclic) bond motifs is 10. The SMILES string of the molecule is c1ccc(-c2cc(-c3cccc(-c4cccc(-c5nc(-c6ccccc6)nc(-c6cccc7c6-c6ccccc6C76c7ccccc7-c7ccccc76)n5)c4)c3)nc(-c3ccccc3)n2)cc1. The summed E-state index contributed by atoms with van der Waals surface area (Å²) in [7, 11) is 0. The quantitative estimate of drug-likeness (QED) is 0.160. The van der Waals surface area contributed by atoms with Gasteiger partial charge < -0.3 is 0 Å². The van der Waals surface area contributed by atoms with Crippen molar-refractivity contribution in [2.45, 2.75) is 5.41 Å². The molecule has 9 aromatic carbocycles. The number of nitrogens with zero attached hydrogens (tertiary/aromatic N) is 5. The summed E-state index contributed by atoms with van der Waals surface area (Å²) in [4.78, 5) is 26.0. The summed E-state index contributed by atoms with van der Waals surface area (Å²) in [5.74, 6) is 2.54. The van der Waals surface area contributed by atoms with Gasteiger partial charge in [-0.1, -0.05) is 218 Å². The second-order valence-electron chi connectivity index (χ2n) is 17.1. The van der Waals surface area contributed by atoms with Crippen molar-refractivity contribution in [3.05, 3.63) is 259 Å². The molecule has 2 heterocycles. The first-order chi connectivity index (χ1) is 33.2. The van der Waals surface area contributed by atoms with Crippen LogP contribution in [0.4, 0.5) is 0 Å². The molecule has 0 aliphatic heterocycles. The fourth-order valence-electron chi connectivity index (χ4n) is 10.4. The Kier molecular flexibility index (Phi) is 9.00. The van der Waals surface area contributed by atoms with Crippen LogP contribution in [0.1, 0.15) is 22.3 Å². The van der Waals surface area contributed by atoms with Crippen LogP contribution in [-0.2, 0) is 5.41 Å². The Hall–Kier alpha value is -8.93. The van der Waals surface area contributed by atoms with E-state index in [9.17, 15) is 0 Å². The first kappa shape index (κ1) is 38.5. The van der Waals surface area contributed by atoms with Gasteiger partial charge in [-0.15, -0.1) is 0 Å². The van der Waals surface area contributed by atoms with Gasteiger partial charge in [0.25, 0.3) is 0 Å². The second kappa shape index (κ2) is 15.7. The Morgan fingerprint density at radius 3 is 1.21 bits per heavy atom. The molecule has 5 heteroatoms. The average Bonchev–Trinajstić information content (AvgIpc) is 3.89. The first-order valence-corrected chi connectivity index (χ1v) is 22.7. The molecule has 0 bridgehead atoms. The molecule has 0 saturated carbocycles. The van der Waals surface area contributed by atoms with Crippen molar-refractivity contribution in [3.63, 3.8) is 0 Å². The predicted octanol–water partition coefficient (Wildman–Crippen LogP) is 14.7. The van der Waals surface area contributed by atoms with E-state index in [0.717, 1.165) is 61.5 Å². The van der Waals surface area contributed by atoms with E-state index in [-0.39, 0.29) is 0 Å². The van der Waals surface area contributed by atoms with Crippen LogP contribution in [0.15, 0.2) is 237 Å². The molecule has 0 atom stereocenters. The molecule has 1 spiro atoms. The van der Waals surface area contributed by atoms with Crippen LogP contribution in [0.2, 0.25) is 0 Å². The zero-order valence-electron chi connectivity index (χ0n) is 36.3. The summed E-state index contributed by atoms with van der Waals surface area (Å²) in [6.45, 7) is 0. The Morgan fingerprint density at radius 2 is 0.597 bits per heavy atom. The highest BCUT2D eigenvalue weighted by atomic mass is 15.0. The molecule has 0 N–H and O–H groups in total. The fourth-order valence-corrected chi connectivity index (χ4v) is 10.4. The molecular formula is C62H39N5. The first-order valence-electron chi connectivity index (χ1n) is 22.7. The number of hydrogen-bond acceptors (Lipinski definition) is 5. The minimum absolute atomic E-state index is 0.478. The topological polar surface area (TPSA) is 64.5 Å². The maximum absolute atomic E-state index is 5.39. The lowest BCUT2D eigenvalue weighted by molar-refractivity contribution is 0.794. The van der Waals surface area contributed by atoms with Crippen LogP contribution in [0.25, 0.3) is 101 Å². The van der Waals surface area contributed by atoms with E-state index in [0.29, 0.717) is 23.3 Å². The van der Waals surface area contributed by atoms with Crippen molar-refractivity contribution in [3.8, 4) is 101 Å². The lowest BCUT2D eigenvalue weighted by atomic mass is 9.70. The van der Waals surface area contributed by atoms with Crippen LogP contribution in [0.3, 0.4) is 0 Å². The van der Waals surface area contributed by atoms with Gasteiger partial charge in [0.2, 0.25) is 0 Å². The van der Waals surface area contributed by atoms with E-state index >= 15 is 0 Å². The fraction of sp³-hybridized carbons (Fsp3) is 0.0161. The average molecular weight is 854 g/mol. The lowest BCUT2D eigenvalue weighted by Crippen LogP contribution is -2.25. The summed E-state index contributed by atoms with van der Waals surface area (Å²) >= 11 is 0. The summed E-state index contributed by atoms with van der Waals surface area (Å²) < 4.78 is 0. The van der Waals surface area contributed by atoms with E-state index in [4.69, 9.17) is 24.9 Å². The molecule has 0 radical (unpaired) electrons. The maximum atomic E-state index is 5.39. The molecular weight excluding hydrogens is 815 g/mol. The minimum Gasteiger partial charge on any atom is -0.228 e. The Labute approximate surface area is 388 Å². The smallest absolute Gasteiger partial charge is 0.164 e. The van der Waals surface area contributed by atoms with E-state index in [2.05, 4.69) is 182 Å². The summed E-state index contributed by atoms with van der Waals surface area (Å²) in [6, 6.07) is 83.2. The predicted molar refractivity (Wildman–Crippen MR) is 270 cm³/mol. The third-order valence-corrected chi connectivity index (χ3v) is 13.4. The van der Waals surface area contributed by atoms with E-state index in [1.807, 2.05) is 54.6 Å². The number of hydrogen-bond donors (Lipinski definition) is 0. The van der Waals surface area contributed by atoms with Gasteiger partial charge in [0.15, 0.2) is 23.3 Å². The van der Waals surface area contributed by atoms with Gasteiger partial charge in [0.1, 0.15) is 0 Å². The van der Waals surface area contributed by atoms with E-state index in [1.54, 1.807) is 0 Å². The van der Waals surface area contributed by atoms with Gasteiger partial charge in [-0.05, 0) is 73.8 Å². The van der Waals surface area contributed by atoms with Crippen molar-refractivity contribution in [1.29, 1.82) is 0 Å². The molecule has 5 nitrogen and oxygen atoms in total. The van der Waals surface area contributed by atoms with Crippen LogP contribution in [0, 0.1) is 0 Å². The van der Waals surface area contributed by atoms with Crippen LogP contribution < -0.4 is 0 Å². The largest absolute Gasteiger partial charge is 0.228 e. The zero-order chi connectivity index (χ0) is 44.3. The number of aromatic nitrogens is 5. The molecule has 2 aliphatic rings. The Balaban J connectivity index is 0.953. The molecule has 2 aliphatic carbocycles. The molecule has 0 fully saturated rings. The Morgan fingerprint density at radius 1 is 0.224 bits per heavy atom. The Bertz CT molecular complexity index is 3590. The molecule has 2 aromatic heterocycles. The van der Waals surface area contributed by atoms with Crippen LogP contribution in [0.5, 0.6) is 0 Å². The van der Waals surface area contributed by atoms with Gasteiger partial charge in [-0.3, -0.25) is 0 Å². The molecule has 0 saturated heterocycles. The zero-order valence-corrected chi connectivity index (χ0v) is 36.3. The van der Waals surface area contributed by atoms with Crippen molar-refractivity contribution < 1.29 is 0 Å². The van der Waals surface area contributed by atoms with Gasteiger partial charge in [0.05, 0.1) is 16.8 Å². The van der Waals surface area contributed by atoms with E-state index in [1.165, 1.54) is 38.9 Å². The van der Waals surface area contributed by atoms with Gasteiger partial charge in [-0.25, -0.2) is 24.9 Å². The highest BCUT2D eigenvalue weighted by Gasteiger charge is 2.52. The minimum atomic E-state index is -0.478. The monoisotopic (exact) mass is 853 g/mol. The van der Waals surface area contributed by atoms with Crippen LogP contribution >= 0.6 is 0 Å². The third-order valence-electron chi connectivity index (χ3n) is 13.4. The highest BCUT2D eigenvalue weighted by Crippen LogP contribution is 2.63. The van der Waals surface area contributed by atoms with Crippen molar-refractivity contribution in [2.75, 3.05) is 0 Å². The highest BCUT2D eigenvalue weighted by molar-refractivity contribution is 5.99. The summed E-state index contributed by atoms with van der Waals surface area (Å²) in [5, 5.41) is 0. The second-order valence-corrected chi connectivity index (χ2v) is 17.1. The number of rotatable bonds is 7.